The highest BCUT2D eigenvalue weighted by Crippen LogP contribution is 2.48. The van der Waals surface area contributed by atoms with Crippen LogP contribution in [0.25, 0.3) is 0 Å². The molecular formula is C27H21F3N2O5. The minimum Gasteiger partial charge on any atom is -0.480 e. The number of halogens is 3. The van der Waals surface area contributed by atoms with Crippen molar-refractivity contribution in [2.75, 3.05) is 0 Å². The zero-order chi connectivity index (χ0) is 26.4. The molecule has 4 atom stereocenters. The van der Waals surface area contributed by atoms with Crippen molar-refractivity contribution in [2.45, 2.75) is 24.2 Å². The third kappa shape index (κ3) is 4.44. The third-order valence-electron chi connectivity index (χ3n) is 6.82. The van der Waals surface area contributed by atoms with Crippen molar-refractivity contribution in [1.29, 1.82) is 0 Å². The summed E-state index contributed by atoms with van der Waals surface area (Å²) in [7, 11) is 0. The zero-order valence-electron chi connectivity index (χ0n) is 19.2. The Bertz CT molecular complexity index is 1380. The van der Waals surface area contributed by atoms with E-state index in [1.54, 1.807) is 42.5 Å². The van der Waals surface area contributed by atoms with E-state index < -0.39 is 52.9 Å². The van der Waals surface area contributed by atoms with Gasteiger partial charge in [0.2, 0.25) is 11.8 Å². The lowest BCUT2D eigenvalue weighted by Gasteiger charge is -2.30. The average Bonchev–Trinajstić information content (AvgIpc) is 3.36. The normalized spacial score (nSPS) is 25.0. The van der Waals surface area contributed by atoms with Gasteiger partial charge in [-0.1, -0.05) is 48.5 Å². The maximum Gasteiger partial charge on any atom is 0.416 e. The van der Waals surface area contributed by atoms with E-state index in [2.05, 4.69) is 10.6 Å². The van der Waals surface area contributed by atoms with Gasteiger partial charge in [-0.15, -0.1) is 0 Å². The SMILES string of the molecule is O=C1NC(=O)C2C1C(c1cccc(Oc3cccc(C(F)(F)F)c3)c1)NC2(Cc1ccccc1)C(=O)O. The highest BCUT2D eigenvalue weighted by Gasteiger charge is 2.66. The molecule has 0 aromatic heterocycles. The zero-order valence-corrected chi connectivity index (χ0v) is 19.2. The van der Waals surface area contributed by atoms with E-state index in [4.69, 9.17) is 4.74 Å². The molecule has 4 unspecified atom stereocenters. The Morgan fingerprint density at radius 1 is 0.919 bits per heavy atom. The quantitative estimate of drug-likeness (QED) is 0.432. The largest absolute Gasteiger partial charge is 0.480 e. The Labute approximate surface area is 209 Å². The molecule has 10 heteroatoms. The van der Waals surface area contributed by atoms with Gasteiger partial charge in [0.05, 0.1) is 17.4 Å². The Morgan fingerprint density at radius 3 is 2.27 bits per heavy atom. The van der Waals surface area contributed by atoms with Crippen molar-refractivity contribution in [3.63, 3.8) is 0 Å². The van der Waals surface area contributed by atoms with E-state index in [0.29, 0.717) is 11.1 Å². The van der Waals surface area contributed by atoms with Gasteiger partial charge in [-0.25, -0.2) is 0 Å². The van der Waals surface area contributed by atoms with Gasteiger partial charge < -0.3 is 9.84 Å². The lowest BCUT2D eigenvalue weighted by molar-refractivity contribution is -0.149. The number of nitrogens with one attached hydrogen (secondary N) is 2. The number of carboxylic acids is 1. The molecule has 3 aromatic rings. The van der Waals surface area contributed by atoms with Crippen molar-refractivity contribution < 1.29 is 37.4 Å². The predicted octanol–water partition coefficient (Wildman–Crippen LogP) is 4.10. The number of benzene rings is 3. The molecule has 0 spiro atoms. The number of alkyl halides is 3. The molecule has 37 heavy (non-hydrogen) atoms. The van der Waals surface area contributed by atoms with E-state index in [0.717, 1.165) is 12.1 Å². The summed E-state index contributed by atoms with van der Waals surface area (Å²) in [4.78, 5) is 38.3. The monoisotopic (exact) mass is 510 g/mol. The number of ether oxygens (including phenoxy) is 1. The summed E-state index contributed by atoms with van der Waals surface area (Å²) in [6.45, 7) is 0. The predicted molar refractivity (Wildman–Crippen MR) is 124 cm³/mol. The Kier molecular flexibility index (Phi) is 5.99. The van der Waals surface area contributed by atoms with Gasteiger partial charge in [-0.2, -0.15) is 13.2 Å². The maximum atomic E-state index is 13.1. The molecule has 7 nitrogen and oxygen atoms in total. The molecule has 0 radical (unpaired) electrons. The summed E-state index contributed by atoms with van der Waals surface area (Å²) in [5.41, 5.74) is -1.49. The van der Waals surface area contributed by atoms with Crippen LogP contribution in [0.2, 0.25) is 0 Å². The van der Waals surface area contributed by atoms with Gasteiger partial charge in [0.25, 0.3) is 0 Å². The van der Waals surface area contributed by atoms with Crippen LogP contribution in [-0.4, -0.2) is 28.4 Å². The molecule has 0 aliphatic carbocycles. The molecule has 3 N–H and O–H groups in total. The molecule has 2 fully saturated rings. The number of fused-ring (bicyclic) bond motifs is 1. The first-order valence-corrected chi connectivity index (χ1v) is 11.4. The number of carbonyl (C=O) groups excluding carboxylic acids is 2. The van der Waals surface area contributed by atoms with Gasteiger partial charge in [-0.05, 0) is 41.5 Å². The summed E-state index contributed by atoms with van der Waals surface area (Å²) in [5.74, 6) is -4.55. The van der Waals surface area contributed by atoms with Crippen LogP contribution in [0.3, 0.4) is 0 Å². The summed E-state index contributed by atoms with van der Waals surface area (Å²) in [5, 5.41) is 15.6. The highest BCUT2D eigenvalue weighted by atomic mass is 19.4. The third-order valence-corrected chi connectivity index (χ3v) is 6.82. The second-order valence-electron chi connectivity index (χ2n) is 9.12. The van der Waals surface area contributed by atoms with Crippen molar-refractivity contribution in [3.8, 4) is 11.5 Å². The smallest absolute Gasteiger partial charge is 0.416 e. The van der Waals surface area contributed by atoms with Crippen molar-refractivity contribution >= 4 is 17.8 Å². The van der Waals surface area contributed by atoms with Crippen LogP contribution >= 0.6 is 0 Å². The van der Waals surface area contributed by atoms with Gasteiger partial charge in [0.1, 0.15) is 17.0 Å². The van der Waals surface area contributed by atoms with Gasteiger partial charge in [0, 0.05) is 12.5 Å². The molecule has 2 aliphatic heterocycles. The molecule has 0 saturated carbocycles. The van der Waals surface area contributed by atoms with Crippen LogP contribution in [0, 0.1) is 11.8 Å². The van der Waals surface area contributed by atoms with E-state index in [1.807, 2.05) is 0 Å². The molecule has 190 valence electrons. The van der Waals surface area contributed by atoms with Crippen molar-refractivity contribution in [2.24, 2.45) is 11.8 Å². The Hall–Kier alpha value is -4.18. The van der Waals surface area contributed by atoms with E-state index >= 15 is 0 Å². The summed E-state index contributed by atoms with van der Waals surface area (Å²) in [6, 6.07) is 18.6. The minimum absolute atomic E-state index is 0.0397. The van der Waals surface area contributed by atoms with Gasteiger partial charge in [-0.3, -0.25) is 25.0 Å². The van der Waals surface area contributed by atoms with Crippen LogP contribution in [-0.2, 0) is 27.0 Å². The number of amides is 2. The second kappa shape index (κ2) is 9.04. The number of carbonyl (C=O) groups is 3. The fourth-order valence-corrected chi connectivity index (χ4v) is 5.21. The molecule has 3 aromatic carbocycles. The first kappa shape index (κ1) is 24.5. The van der Waals surface area contributed by atoms with Crippen LogP contribution in [0.5, 0.6) is 11.5 Å². The molecule has 2 saturated heterocycles. The van der Waals surface area contributed by atoms with Crippen LogP contribution in [0.1, 0.15) is 22.7 Å². The summed E-state index contributed by atoms with van der Waals surface area (Å²) >= 11 is 0. The van der Waals surface area contributed by atoms with Gasteiger partial charge >= 0.3 is 12.1 Å². The van der Waals surface area contributed by atoms with Crippen LogP contribution in [0.15, 0.2) is 78.9 Å². The standard InChI is InChI=1S/C27H21F3N2O5/c28-27(29,30)17-9-5-11-19(13-17)37-18-10-4-8-16(12-18)22-20-21(24(34)31-23(20)33)26(32-22,25(35)36)14-15-6-2-1-3-7-15/h1-13,20-22,32H,14H2,(H,35,36)(H,31,33,34). The van der Waals surface area contributed by atoms with Crippen LogP contribution in [0.4, 0.5) is 13.2 Å². The van der Waals surface area contributed by atoms with E-state index in [-0.39, 0.29) is 17.9 Å². The topological polar surface area (TPSA) is 105 Å². The number of aliphatic carboxylic acids is 1. The maximum absolute atomic E-state index is 13.1. The van der Waals surface area contributed by atoms with E-state index in [9.17, 15) is 32.7 Å². The molecule has 2 heterocycles. The molecule has 2 amide bonds. The number of imide groups is 1. The Balaban J connectivity index is 1.50. The molecular weight excluding hydrogens is 489 g/mol. The van der Waals surface area contributed by atoms with E-state index in [1.165, 1.54) is 24.3 Å². The fourth-order valence-electron chi connectivity index (χ4n) is 5.21. The lowest BCUT2D eigenvalue weighted by atomic mass is 9.76. The average molecular weight is 510 g/mol. The minimum atomic E-state index is -4.54. The number of hydrogen-bond donors (Lipinski definition) is 3. The first-order valence-electron chi connectivity index (χ1n) is 11.4. The molecule has 0 bridgehead atoms. The first-order chi connectivity index (χ1) is 17.6. The fraction of sp³-hybridized carbons (Fsp3) is 0.222. The molecule has 5 rings (SSSR count). The summed E-state index contributed by atoms with van der Waals surface area (Å²) in [6.07, 6.45) is -4.58. The number of carboxylic acid groups (broad SMARTS) is 1. The Morgan fingerprint density at radius 2 is 1.59 bits per heavy atom. The number of hydrogen-bond acceptors (Lipinski definition) is 5. The van der Waals surface area contributed by atoms with Gasteiger partial charge in [0.15, 0.2) is 0 Å². The highest BCUT2D eigenvalue weighted by molar-refractivity contribution is 6.09. The van der Waals surface area contributed by atoms with Crippen molar-refractivity contribution in [3.05, 3.63) is 95.6 Å². The second-order valence-corrected chi connectivity index (χ2v) is 9.12. The number of rotatable bonds is 6. The summed E-state index contributed by atoms with van der Waals surface area (Å²) < 4.78 is 44.9. The van der Waals surface area contributed by atoms with Crippen molar-refractivity contribution in [1.82, 2.24) is 10.6 Å². The lowest BCUT2D eigenvalue weighted by Crippen LogP contribution is -2.57. The molecule has 2 aliphatic rings. The van der Waals surface area contributed by atoms with Crippen LogP contribution < -0.4 is 15.4 Å².